The van der Waals surface area contributed by atoms with Gasteiger partial charge in [-0.05, 0) is 35.7 Å². The molecule has 0 aliphatic rings. The first-order valence-corrected chi connectivity index (χ1v) is 9.97. The summed E-state index contributed by atoms with van der Waals surface area (Å²) in [5.74, 6) is 0.933. The second kappa shape index (κ2) is 7.73. The van der Waals surface area contributed by atoms with Gasteiger partial charge in [0.15, 0.2) is 5.65 Å². The van der Waals surface area contributed by atoms with E-state index in [0.717, 1.165) is 16.8 Å². The fourth-order valence-corrected chi connectivity index (χ4v) is 3.43. The molecule has 0 unspecified atom stereocenters. The number of rotatable bonds is 4. The van der Waals surface area contributed by atoms with Gasteiger partial charge in [-0.15, -0.1) is 0 Å². The van der Waals surface area contributed by atoms with Crippen LogP contribution in [-0.2, 0) is 13.6 Å². The number of aryl methyl sites for hydroxylation is 1. The van der Waals surface area contributed by atoms with E-state index in [9.17, 15) is 4.79 Å². The van der Waals surface area contributed by atoms with E-state index in [1.54, 1.807) is 34.4 Å². The summed E-state index contributed by atoms with van der Waals surface area (Å²) in [7, 11) is 1.74. The van der Waals surface area contributed by atoms with E-state index in [1.165, 1.54) is 0 Å². The molecule has 1 aromatic carbocycles. The first-order chi connectivity index (χ1) is 14.7. The van der Waals surface area contributed by atoms with Crippen LogP contribution in [0.3, 0.4) is 0 Å². The zero-order chi connectivity index (χ0) is 22.2. The molecule has 0 amide bonds. The van der Waals surface area contributed by atoms with Gasteiger partial charge < -0.3 is 4.74 Å². The highest BCUT2D eigenvalue weighted by Gasteiger charge is 2.19. The van der Waals surface area contributed by atoms with Crippen LogP contribution < -0.4 is 10.4 Å². The summed E-state index contributed by atoms with van der Waals surface area (Å²) in [4.78, 5) is 21.7. The summed E-state index contributed by atoms with van der Waals surface area (Å²) >= 11 is 0. The van der Waals surface area contributed by atoms with Crippen molar-refractivity contribution >= 4 is 11.2 Å². The molecule has 31 heavy (non-hydrogen) atoms. The number of nitriles is 1. The van der Waals surface area contributed by atoms with Crippen molar-refractivity contribution in [2.24, 2.45) is 12.5 Å². The SMILES string of the molecule is Cn1c(=O)n(CC(C)(C)C)c2ccc(-c3cccc(Oc4cccc(C#N)n4)c3)nc21. The van der Waals surface area contributed by atoms with Gasteiger partial charge in [0.1, 0.15) is 17.5 Å². The third kappa shape index (κ3) is 4.19. The molecule has 156 valence electrons. The zero-order valence-corrected chi connectivity index (χ0v) is 18.0. The zero-order valence-electron chi connectivity index (χ0n) is 18.0. The molecule has 0 atom stereocenters. The number of fused-ring (bicyclic) bond motifs is 1. The molecule has 4 aromatic rings. The lowest BCUT2D eigenvalue weighted by atomic mass is 9.97. The van der Waals surface area contributed by atoms with Crippen LogP contribution in [0.15, 0.2) is 59.4 Å². The van der Waals surface area contributed by atoms with Gasteiger partial charge in [-0.2, -0.15) is 5.26 Å². The lowest BCUT2D eigenvalue weighted by Gasteiger charge is -2.18. The minimum absolute atomic E-state index is 0.0284. The molecule has 0 radical (unpaired) electrons. The average Bonchev–Trinajstić information content (AvgIpc) is 2.97. The van der Waals surface area contributed by atoms with Gasteiger partial charge in [0.25, 0.3) is 0 Å². The van der Waals surface area contributed by atoms with Crippen molar-refractivity contribution in [1.82, 2.24) is 19.1 Å². The molecule has 0 saturated heterocycles. The van der Waals surface area contributed by atoms with Crippen LogP contribution in [0.2, 0.25) is 0 Å². The third-order valence-electron chi connectivity index (χ3n) is 4.80. The third-order valence-corrected chi connectivity index (χ3v) is 4.80. The lowest BCUT2D eigenvalue weighted by Crippen LogP contribution is -2.27. The molecule has 7 nitrogen and oxygen atoms in total. The normalized spacial score (nSPS) is 11.5. The number of nitrogens with zero attached hydrogens (tertiary/aromatic N) is 5. The molecule has 3 aromatic heterocycles. The van der Waals surface area contributed by atoms with Crippen molar-refractivity contribution in [2.45, 2.75) is 27.3 Å². The molecule has 7 heteroatoms. The van der Waals surface area contributed by atoms with Gasteiger partial charge in [0.2, 0.25) is 5.88 Å². The summed E-state index contributed by atoms with van der Waals surface area (Å²) in [5, 5.41) is 9.01. The highest BCUT2D eigenvalue weighted by atomic mass is 16.5. The van der Waals surface area contributed by atoms with Gasteiger partial charge in [0, 0.05) is 25.2 Å². The molecule has 0 saturated carbocycles. The standard InChI is InChI=1S/C24H23N5O2/c1-24(2,3)15-29-20-12-11-19(27-22(20)28(4)23(29)30)16-7-5-9-18(13-16)31-21-10-6-8-17(14-25)26-21/h5-13H,15H2,1-4H3. The Morgan fingerprint density at radius 2 is 1.84 bits per heavy atom. The Morgan fingerprint density at radius 3 is 2.58 bits per heavy atom. The maximum absolute atomic E-state index is 12.8. The fourth-order valence-electron chi connectivity index (χ4n) is 3.43. The Hall–Kier alpha value is -3.92. The Labute approximate surface area is 180 Å². The quantitative estimate of drug-likeness (QED) is 0.491. The number of benzene rings is 1. The number of hydrogen-bond acceptors (Lipinski definition) is 5. The van der Waals surface area contributed by atoms with Crippen LogP contribution in [0.1, 0.15) is 26.5 Å². The smallest absolute Gasteiger partial charge is 0.330 e. The lowest BCUT2D eigenvalue weighted by molar-refractivity contribution is 0.342. The van der Waals surface area contributed by atoms with Crippen LogP contribution in [-0.4, -0.2) is 19.1 Å². The van der Waals surface area contributed by atoms with E-state index >= 15 is 0 Å². The summed E-state index contributed by atoms with van der Waals surface area (Å²) < 4.78 is 9.19. The topological polar surface area (TPSA) is 85.7 Å². The van der Waals surface area contributed by atoms with E-state index < -0.39 is 0 Å². The van der Waals surface area contributed by atoms with Gasteiger partial charge in [-0.3, -0.25) is 9.13 Å². The molecule has 0 aliphatic heterocycles. The number of imidazole rings is 1. The van der Waals surface area contributed by atoms with Crippen molar-refractivity contribution < 1.29 is 4.74 Å². The largest absolute Gasteiger partial charge is 0.439 e. The number of pyridine rings is 2. The van der Waals surface area contributed by atoms with Crippen molar-refractivity contribution in [3.05, 3.63) is 70.8 Å². The van der Waals surface area contributed by atoms with Crippen LogP contribution in [0.5, 0.6) is 11.6 Å². The Kier molecular flexibility index (Phi) is 5.07. The number of hydrogen-bond donors (Lipinski definition) is 0. The van der Waals surface area contributed by atoms with Crippen molar-refractivity contribution in [3.63, 3.8) is 0 Å². The summed E-state index contributed by atoms with van der Waals surface area (Å²) in [6, 6.07) is 18.4. The molecule has 4 rings (SSSR count). The summed E-state index contributed by atoms with van der Waals surface area (Å²) in [6.45, 7) is 6.93. The van der Waals surface area contributed by atoms with Gasteiger partial charge >= 0.3 is 5.69 Å². The fraction of sp³-hybridized carbons (Fsp3) is 0.250. The van der Waals surface area contributed by atoms with E-state index in [-0.39, 0.29) is 11.1 Å². The van der Waals surface area contributed by atoms with Crippen LogP contribution >= 0.6 is 0 Å². The summed E-state index contributed by atoms with van der Waals surface area (Å²) in [6.07, 6.45) is 0. The van der Waals surface area contributed by atoms with Crippen LogP contribution in [0.25, 0.3) is 22.4 Å². The second-order valence-corrected chi connectivity index (χ2v) is 8.63. The minimum atomic E-state index is -0.0740. The molecular formula is C24H23N5O2. The van der Waals surface area contributed by atoms with Gasteiger partial charge in [-0.25, -0.2) is 14.8 Å². The Bertz CT molecular complexity index is 1370. The van der Waals surface area contributed by atoms with Crippen LogP contribution in [0, 0.1) is 16.7 Å². The predicted molar refractivity (Wildman–Crippen MR) is 119 cm³/mol. The Balaban J connectivity index is 1.71. The van der Waals surface area contributed by atoms with E-state index in [1.807, 2.05) is 42.5 Å². The molecule has 0 bridgehead atoms. The van der Waals surface area contributed by atoms with E-state index in [2.05, 4.69) is 25.8 Å². The monoisotopic (exact) mass is 413 g/mol. The van der Waals surface area contributed by atoms with E-state index in [0.29, 0.717) is 29.5 Å². The summed E-state index contributed by atoms with van der Waals surface area (Å²) in [5.41, 5.74) is 3.24. The van der Waals surface area contributed by atoms with Crippen molar-refractivity contribution in [1.29, 1.82) is 5.26 Å². The Morgan fingerprint density at radius 1 is 1.06 bits per heavy atom. The molecule has 0 aliphatic carbocycles. The molecule has 0 N–H and O–H groups in total. The molecular weight excluding hydrogens is 390 g/mol. The first kappa shape index (κ1) is 20.4. The van der Waals surface area contributed by atoms with E-state index in [4.69, 9.17) is 15.0 Å². The van der Waals surface area contributed by atoms with Crippen LogP contribution in [0.4, 0.5) is 0 Å². The van der Waals surface area contributed by atoms with Crippen molar-refractivity contribution in [3.8, 4) is 29.0 Å². The van der Waals surface area contributed by atoms with Gasteiger partial charge in [0.05, 0.1) is 11.2 Å². The minimum Gasteiger partial charge on any atom is -0.439 e. The highest BCUT2D eigenvalue weighted by Crippen LogP contribution is 2.27. The number of aromatic nitrogens is 4. The molecule has 0 fully saturated rings. The highest BCUT2D eigenvalue weighted by molar-refractivity contribution is 5.76. The van der Waals surface area contributed by atoms with Gasteiger partial charge in [-0.1, -0.05) is 39.0 Å². The first-order valence-electron chi connectivity index (χ1n) is 9.97. The average molecular weight is 413 g/mol. The van der Waals surface area contributed by atoms with Crippen molar-refractivity contribution in [2.75, 3.05) is 0 Å². The molecule has 3 heterocycles. The number of ether oxygens (including phenoxy) is 1. The predicted octanol–water partition coefficient (Wildman–Crippen LogP) is 4.51. The molecule has 0 spiro atoms. The maximum Gasteiger partial charge on any atom is 0.330 e. The second-order valence-electron chi connectivity index (χ2n) is 8.63. The maximum atomic E-state index is 12.8.